The van der Waals surface area contributed by atoms with Gasteiger partial charge in [0.25, 0.3) is 0 Å². The first kappa shape index (κ1) is 12.8. The summed E-state index contributed by atoms with van der Waals surface area (Å²) in [5.41, 5.74) is 1.21. The van der Waals surface area contributed by atoms with Gasteiger partial charge in [-0.2, -0.15) is 0 Å². The Bertz CT molecular complexity index is 457. The molecular formula is C16H18NOP. The van der Waals surface area contributed by atoms with Crippen LogP contribution < -0.4 is 10.7 Å². The van der Waals surface area contributed by atoms with Crippen LogP contribution >= 0.6 is 7.92 Å². The maximum Gasteiger partial charge on any atom is 0.0676 e. The molecule has 2 aromatic rings. The fourth-order valence-electron chi connectivity index (χ4n) is 2.44. The van der Waals surface area contributed by atoms with Crippen LogP contribution in [-0.2, 0) is 4.74 Å². The van der Waals surface area contributed by atoms with Gasteiger partial charge in [0.15, 0.2) is 0 Å². The summed E-state index contributed by atoms with van der Waals surface area (Å²) in [6, 6.07) is 16.9. The van der Waals surface area contributed by atoms with Gasteiger partial charge in [0.2, 0.25) is 0 Å². The summed E-state index contributed by atoms with van der Waals surface area (Å²) in [4.78, 5) is 4.57. The monoisotopic (exact) mass is 271 g/mol. The van der Waals surface area contributed by atoms with Crippen LogP contribution in [0.3, 0.4) is 0 Å². The van der Waals surface area contributed by atoms with Crippen LogP contribution in [0, 0.1) is 0 Å². The summed E-state index contributed by atoms with van der Waals surface area (Å²) in [6.45, 7) is 0.921. The Hall–Kier alpha value is -1.24. The van der Waals surface area contributed by atoms with Crippen LogP contribution in [0.5, 0.6) is 0 Å². The average molecular weight is 271 g/mol. The second kappa shape index (κ2) is 6.27. The minimum Gasteiger partial charge on any atom is -0.378 e. The molecule has 2 atom stereocenters. The summed E-state index contributed by atoms with van der Waals surface area (Å²) in [5.74, 6) is 0. The van der Waals surface area contributed by atoms with Crippen molar-refractivity contribution in [1.29, 1.82) is 0 Å². The Balaban J connectivity index is 1.87. The Morgan fingerprint density at radius 3 is 2.63 bits per heavy atom. The Kier molecular flexibility index (Phi) is 4.22. The van der Waals surface area contributed by atoms with Crippen molar-refractivity contribution in [3.8, 4) is 0 Å². The largest absolute Gasteiger partial charge is 0.378 e. The Morgan fingerprint density at radius 2 is 1.95 bits per heavy atom. The molecule has 98 valence electrons. The zero-order valence-corrected chi connectivity index (χ0v) is 11.8. The molecule has 0 radical (unpaired) electrons. The number of hydrogen-bond donors (Lipinski definition) is 0. The van der Waals surface area contributed by atoms with Crippen LogP contribution in [0.4, 0.5) is 0 Å². The molecule has 1 aromatic heterocycles. The molecule has 1 aliphatic heterocycles. The van der Waals surface area contributed by atoms with Crippen molar-refractivity contribution in [2.75, 3.05) is 12.8 Å². The van der Waals surface area contributed by atoms with Crippen LogP contribution in [0.15, 0.2) is 54.7 Å². The van der Waals surface area contributed by atoms with Crippen molar-refractivity contribution in [2.45, 2.75) is 18.9 Å². The summed E-state index contributed by atoms with van der Waals surface area (Å²) >= 11 is 0. The number of pyridine rings is 1. The maximum absolute atomic E-state index is 5.81. The highest BCUT2D eigenvalue weighted by Gasteiger charge is 2.23. The number of ether oxygens (including phenoxy) is 1. The molecule has 1 fully saturated rings. The topological polar surface area (TPSA) is 22.1 Å². The van der Waals surface area contributed by atoms with E-state index in [1.54, 1.807) is 0 Å². The highest BCUT2D eigenvalue weighted by Crippen LogP contribution is 2.36. The van der Waals surface area contributed by atoms with E-state index in [9.17, 15) is 0 Å². The molecule has 3 heteroatoms. The lowest BCUT2D eigenvalue weighted by molar-refractivity contribution is 0.128. The number of rotatable bonds is 4. The van der Waals surface area contributed by atoms with Gasteiger partial charge < -0.3 is 4.74 Å². The van der Waals surface area contributed by atoms with Gasteiger partial charge in [0.1, 0.15) is 0 Å². The van der Waals surface area contributed by atoms with Gasteiger partial charge in [-0.1, -0.05) is 36.4 Å². The van der Waals surface area contributed by atoms with Gasteiger partial charge >= 0.3 is 0 Å². The molecule has 1 aromatic carbocycles. The van der Waals surface area contributed by atoms with E-state index in [2.05, 4.69) is 47.4 Å². The van der Waals surface area contributed by atoms with Gasteiger partial charge in [0, 0.05) is 19.0 Å². The molecule has 0 aliphatic carbocycles. The van der Waals surface area contributed by atoms with E-state index in [1.165, 1.54) is 23.6 Å². The molecule has 1 saturated heterocycles. The number of hydrogen-bond acceptors (Lipinski definition) is 2. The van der Waals surface area contributed by atoms with E-state index in [-0.39, 0.29) is 0 Å². The molecule has 0 spiro atoms. The van der Waals surface area contributed by atoms with Crippen LogP contribution in [-0.4, -0.2) is 23.9 Å². The third kappa shape index (κ3) is 3.20. The molecule has 2 heterocycles. The molecule has 2 nitrogen and oxygen atoms in total. The molecule has 2 unspecified atom stereocenters. The van der Waals surface area contributed by atoms with Crippen molar-refractivity contribution in [2.24, 2.45) is 0 Å². The SMILES string of the molecule is c1ccc(P(CC2CCCO2)c2ccccn2)cc1. The molecule has 19 heavy (non-hydrogen) atoms. The first-order valence-electron chi connectivity index (χ1n) is 6.79. The quantitative estimate of drug-likeness (QED) is 0.798. The Labute approximate surface area is 115 Å². The lowest BCUT2D eigenvalue weighted by Crippen LogP contribution is -2.22. The zero-order chi connectivity index (χ0) is 12.9. The molecule has 0 saturated carbocycles. The van der Waals surface area contributed by atoms with Crippen molar-refractivity contribution < 1.29 is 4.74 Å². The van der Waals surface area contributed by atoms with Crippen molar-refractivity contribution in [3.05, 3.63) is 54.7 Å². The summed E-state index contributed by atoms with van der Waals surface area (Å²) < 4.78 is 5.81. The van der Waals surface area contributed by atoms with E-state index in [0.29, 0.717) is 6.10 Å². The summed E-state index contributed by atoms with van der Waals surface area (Å²) in [7, 11) is -0.398. The minimum absolute atomic E-state index is 0.398. The first-order valence-corrected chi connectivity index (χ1v) is 8.31. The normalized spacial score (nSPS) is 20.3. The van der Waals surface area contributed by atoms with E-state index < -0.39 is 7.92 Å². The van der Waals surface area contributed by atoms with Gasteiger partial charge in [-0.15, -0.1) is 0 Å². The molecule has 0 bridgehead atoms. The predicted octanol–water partition coefficient (Wildman–Crippen LogP) is 2.69. The Morgan fingerprint density at radius 1 is 1.11 bits per heavy atom. The molecule has 0 amide bonds. The van der Waals surface area contributed by atoms with Gasteiger partial charge in [-0.3, -0.25) is 4.98 Å². The fraction of sp³-hybridized carbons (Fsp3) is 0.312. The summed E-state index contributed by atoms with van der Waals surface area (Å²) in [6.07, 6.45) is 5.79. The van der Waals surface area contributed by atoms with Crippen molar-refractivity contribution in [1.82, 2.24) is 4.98 Å². The van der Waals surface area contributed by atoms with Gasteiger partial charge in [-0.05, 0) is 38.2 Å². The number of aromatic nitrogens is 1. The predicted molar refractivity (Wildman–Crippen MR) is 80.7 cm³/mol. The van der Waals surface area contributed by atoms with Gasteiger partial charge in [0.05, 0.1) is 11.5 Å². The van der Waals surface area contributed by atoms with Gasteiger partial charge in [-0.25, -0.2) is 0 Å². The number of benzene rings is 1. The molecule has 0 N–H and O–H groups in total. The third-order valence-corrected chi connectivity index (χ3v) is 5.92. The zero-order valence-electron chi connectivity index (χ0n) is 10.9. The fourth-order valence-corrected chi connectivity index (χ4v) is 4.81. The van der Waals surface area contributed by atoms with Crippen LogP contribution in [0.25, 0.3) is 0 Å². The van der Waals surface area contributed by atoms with E-state index in [1.807, 2.05) is 12.3 Å². The van der Waals surface area contributed by atoms with E-state index in [0.717, 1.165) is 12.8 Å². The molecule has 1 aliphatic rings. The van der Waals surface area contributed by atoms with Crippen molar-refractivity contribution in [3.63, 3.8) is 0 Å². The van der Waals surface area contributed by atoms with Crippen LogP contribution in [0.2, 0.25) is 0 Å². The lowest BCUT2D eigenvalue weighted by atomic mass is 10.3. The summed E-state index contributed by atoms with van der Waals surface area (Å²) in [5, 5.41) is 1.40. The van der Waals surface area contributed by atoms with Crippen molar-refractivity contribution >= 4 is 18.7 Å². The standard InChI is InChI=1S/C16H18NOP/c1-2-8-15(9-3-1)19(13-14-7-6-12-18-14)16-10-4-5-11-17-16/h1-5,8-11,14H,6-7,12-13H2. The molecule has 3 rings (SSSR count). The highest BCUT2D eigenvalue weighted by atomic mass is 31.1. The minimum atomic E-state index is -0.398. The smallest absolute Gasteiger partial charge is 0.0676 e. The second-order valence-electron chi connectivity index (χ2n) is 4.77. The van der Waals surface area contributed by atoms with E-state index >= 15 is 0 Å². The third-order valence-electron chi connectivity index (χ3n) is 3.40. The maximum atomic E-state index is 5.81. The highest BCUT2D eigenvalue weighted by molar-refractivity contribution is 7.72. The molecular weight excluding hydrogens is 253 g/mol. The van der Waals surface area contributed by atoms with E-state index in [4.69, 9.17) is 4.74 Å². The lowest BCUT2D eigenvalue weighted by Gasteiger charge is -2.20. The average Bonchev–Trinajstić information content (AvgIpc) is 3.00. The number of nitrogens with zero attached hydrogens (tertiary/aromatic N) is 1. The second-order valence-corrected chi connectivity index (χ2v) is 6.96. The first-order chi connectivity index (χ1) is 9.43. The van der Waals surface area contributed by atoms with Crippen LogP contribution in [0.1, 0.15) is 12.8 Å².